The molecule has 3 rings (SSSR count). The average molecular weight is 347 g/mol. The molecule has 0 saturated carbocycles. The van der Waals surface area contributed by atoms with Crippen LogP contribution in [0, 0.1) is 0 Å². The Morgan fingerprint density at radius 2 is 2.08 bits per heavy atom. The normalized spacial score (nSPS) is 19.8. The lowest BCUT2D eigenvalue weighted by atomic mass is 10.2. The molecular weight excluding hydrogens is 330 g/mol. The number of nitrogens with one attached hydrogen (secondary N) is 1. The highest BCUT2D eigenvalue weighted by atomic mass is 32.1. The number of carboxylic acid groups (broad SMARTS) is 1. The Morgan fingerprint density at radius 3 is 2.79 bits per heavy atom. The number of hydrogen-bond acceptors (Lipinski definition) is 5. The summed E-state index contributed by atoms with van der Waals surface area (Å²) in [4.78, 5) is 23.8. The zero-order valence-electron chi connectivity index (χ0n) is 12.8. The van der Waals surface area contributed by atoms with Crippen LogP contribution in [0.2, 0.25) is 0 Å². The molecule has 1 aliphatic rings. The fourth-order valence-corrected chi connectivity index (χ4v) is 3.32. The SMILES string of the molecule is O=C(Cc1cc(C(=O)O)cs1)N[C@@H]1COC[C@@H]1Oc1ccccc1. The number of para-hydroxylation sites is 1. The lowest BCUT2D eigenvalue weighted by Gasteiger charge is -2.20. The van der Waals surface area contributed by atoms with Crippen LogP contribution in [0.15, 0.2) is 41.8 Å². The highest BCUT2D eigenvalue weighted by Crippen LogP contribution is 2.18. The lowest BCUT2D eigenvalue weighted by molar-refractivity contribution is -0.121. The first-order valence-corrected chi connectivity index (χ1v) is 8.39. The second-order valence-corrected chi connectivity index (χ2v) is 6.46. The third kappa shape index (κ3) is 4.12. The van der Waals surface area contributed by atoms with E-state index in [1.807, 2.05) is 30.3 Å². The van der Waals surface area contributed by atoms with Gasteiger partial charge in [0.15, 0.2) is 0 Å². The standard InChI is InChI=1S/C17H17NO5S/c19-16(7-13-6-11(10-24-13)17(20)21)18-14-8-22-9-15(14)23-12-4-2-1-3-5-12/h1-6,10,14-15H,7-9H2,(H,18,19)(H,20,21)/t14-,15+/m1/s1. The molecule has 1 fully saturated rings. The summed E-state index contributed by atoms with van der Waals surface area (Å²) in [5.41, 5.74) is 0.206. The van der Waals surface area contributed by atoms with Gasteiger partial charge in [-0.25, -0.2) is 4.79 Å². The van der Waals surface area contributed by atoms with Crippen molar-refractivity contribution in [2.24, 2.45) is 0 Å². The minimum Gasteiger partial charge on any atom is -0.486 e. The Balaban J connectivity index is 1.55. The quantitative estimate of drug-likeness (QED) is 0.834. The molecule has 126 valence electrons. The summed E-state index contributed by atoms with van der Waals surface area (Å²) < 4.78 is 11.3. The van der Waals surface area contributed by atoms with Crippen molar-refractivity contribution in [3.63, 3.8) is 0 Å². The van der Waals surface area contributed by atoms with Crippen LogP contribution in [-0.4, -0.2) is 42.3 Å². The number of carbonyl (C=O) groups is 2. The third-order valence-electron chi connectivity index (χ3n) is 3.64. The summed E-state index contributed by atoms with van der Waals surface area (Å²) in [6, 6.07) is 10.7. The zero-order chi connectivity index (χ0) is 16.9. The summed E-state index contributed by atoms with van der Waals surface area (Å²) in [5, 5.41) is 13.3. The van der Waals surface area contributed by atoms with E-state index in [1.54, 1.807) is 0 Å². The van der Waals surface area contributed by atoms with Gasteiger partial charge in [0, 0.05) is 10.3 Å². The van der Waals surface area contributed by atoms with Gasteiger partial charge in [-0.3, -0.25) is 4.79 Å². The number of ether oxygens (including phenoxy) is 2. The number of carbonyl (C=O) groups excluding carboxylic acids is 1. The van der Waals surface area contributed by atoms with Crippen LogP contribution in [0.4, 0.5) is 0 Å². The Hall–Kier alpha value is -2.38. The molecule has 1 saturated heterocycles. The van der Waals surface area contributed by atoms with E-state index in [4.69, 9.17) is 14.6 Å². The Bertz CT molecular complexity index is 715. The van der Waals surface area contributed by atoms with E-state index in [0.717, 1.165) is 5.75 Å². The number of amides is 1. The molecule has 0 spiro atoms. The predicted octanol–water partition coefficient (Wildman–Crippen LogP) is 1.95. The molecule has 2 heterocycles. The van der Waals surface area contributed by atoms with Gasteiger partial charge < -0.3 is 19.9 Å². The van der Waals surface area contributed by atoms with Gasteiger partial charge in [0.25, 0.3) is 0 Å². The van der Waals surface area contributed by atoms with Crippen molar-refractivity contribution in [2.75, 3.05) is 13.2 Å². The van der Waals surface area contributed by atoms with Gasteiger partial charge >= 0.3 is 5.97 Å². The van der Waals surface area contributed by atoms with E-state index >= 15 is 0 Å². The van der Waals surface area contributed by atoms with Gasteiger partial charge in [-0.15, -0.1) is 11.3 Å². The van der Waals surface area contributed by atoms with Crippen LogP contribution in [0.1, 0.15) is 15.2 Å². The first-order valence-electron chi connectivity index (χ1n) is 7.51. The van der Waals surface area contributed by atoms with Crippen molar-refractivity contribution < 1.29 is 24.2 Å². The van der Waals surface area contributed by atoms with Crippen molar-refractivity contribution >= 4 is 23.2 Å². The monoisotopic (exact) mass is 347 g/mol. The van der Waals surface area contributed by atoms with Crippen molar-refractivity contribution in [3.8, 4) is 5.75 Å². The van der Waals surface area contributed by atoms with E-state index < -0.39 is 5.97 Å². The molecule has 2 atom stereocenters. The molecule has 0 radical (unpaired) electrons. The molecule has 2 N–H and O–H groups in total. The molecule has 1 aromatic carbocycles. The first kappa shape index (κ1) is 16.5. The molecule has 0 unspecified atom stereocenters. The molecule has 24 heavy (non-hydrogen) atoms. The topological polar surface area (TPSA) is 84.9 Å². The minimum absolute atomic E-state index is 0.145. The van der Waals surface area contributed by atoms with E-state index in [-0.39, 0.29) is 30.0 Å². The van der Waals surface area contributed by atoms with Crippen LogP contribution in [0.25, 0.3) is 0 Å². The number of thiophene rings is 1. The minimum atomic E-state index is -0.988. The van der Waals surface area contributed by atoms with E-state index in [1.165, 1.54) is 22.8 Å². The number of rotatable bonds is 6. The van der Waals surface area contributed by atoms with Crippen LogP contribution < -0.4 is 10.1 Å². The number of carboxylic acids is 1. The molecular formula is C17H17NO5S. The molecule has 0 aliphatic carbocycles. The second-order valence-electron chi connectivity index (χ2n) is 5.46. The lowest BCUT2D eigenvalue weighted by Crippen LogP contribution is -2.45. The molecule has 1 amide bonds. The molecule has 1 aromatic heterocycles. The van der Waals surface area contributed by atoms with Gasteiger partial charge in [0.05, 0.1) is 31.2 Å². The maximum atomic E-state index is 12.2. The second kappa shape index (κ2) is 7.46. The summed E-state index contributed by atoms with van der Waals surface area (Å²) in [7, 11) is 0. The molecule has 1 aliphatic heterocycles. The van der Waals surface area contributed by atoms with Crippen LogP contribution in [-0.2, 0) is 16.0 Å². The zero-order valence-corrected chi connectivity index (χ0v) is 13.6. The molecule has 7 heteroatoms. The molecule has 0 bridgehead atoms. The van der Waals surface area contributed by atoms with Gasteiger partial charge in [-0.05, 0) is 18.2 Å². The fourth-order valence-electron chi connectivity index (χ4n) is 2.46. The van der Waals surface area contributed by atoms with Gasteiger partial charge in [-0.1, -0.05) is 18.2 Å². The largest absolute Gasteiger partial charge is 0.486 e. The Labute approximate surface area is 143 Å². The predicted molar refractivity (Wildman–Crippen MR) is 88.6 cm³/mol. The smallest absolute Gasteiger partial charge is 0.336 e. The van der Waals surface area contributed by atoms with Gasteiger partial charge in [-0.2, -0.15) is 0 Å². The van der Waals surface area contributed by atoms with Gasteiger partial charge in [0.2, 0.25) is 5.91 Å². The summed E-state index contributed by atoms with van der Waals surface area (Å²) >= 11 is 1.26. The summed E-state index contributed by atoms with van der Waals surface area (Å²) in [6.45, 7) is 0.816. The van der Waals surface area contributed by atoms with Crippen molar-refractivity contribution in [3.05, 3.63) is 52.2 Å². The van der Waals surface area contributed by atoms with Crippen molar-refractivity contribution in [1.29, 1.82) is 0 Å². The van der Waals surface area contributed by atoms with Crippen LogP contribution in [0.5, 0.6) is 5.75 Å². The first-order chi connectivity index (χ1) is 11.6. The van der Waals surface area contributed by atoms with Crippen LogP contribution in [0.3, 0.4) is 0 Å². The summed E-state index contributed by atoms with van der Waals surface area (Å²) in [6.07, 6.45) is -0.0961. The molecule has 2 aromatic rings. The Kier molecular flexibility index (Phi) is 5.12. The number of benzene rings is 1. The van der Waals surface area contributed by atoms with E-state index in [9.17, 15) is 9.59 Å². The maximum Gasteiger partial charge on any atom is 0.336 e. The van der Waals surface area contributed by atoms with Crippen LogP contribution >= 0.6 is 11.3 Å². The third-order valence-corrected chi connectivity index (χ3v) is 4.58. The summed E-state index contributed by atoms with van der Waals surface area (Å²) in [5.74, 6) is -0.430. The molecule has 6 nitrogen and oxygen atoms in total. The van der Waals surface area contributed by atoms with E-state index in [0.29, 0.717) is 18.1 Å². The van der Waals surface area contributed by atoms with Crippen molar-refractivity contribution in [2.45, 2.75) is 18.6 Å². The van der Waals surface area contributed by atoms with Gasteiger partial charge in [0.1, 0.15) is 11.9 Å². The highest BCUT2D eigenvalue weighted by molar-refractivity contribution is 7.10. The fraction of sp³-hybridized carbons (Fsp3) is 0.294. The maximum absolute atomic E-state index is 12.2. The van der Waals surface area contributed by atoms with Crippen molar-refractivity contribution in [1.82, 2.24) is 5.32 Å². The van der Waals surface area contributed by atoms with E-state index in [2.05, 4.69) is 5.32 Å². The number of hydrogen-bond donors (Lipinski definition) is 2. The Morgan fingerprint density at radius 1 is 1.29 bits per heavy atom. The average Bonchev–Trinajstić information content (AvgIpc) is 3.18. The number of aromatic carboxylic acids is 1. The highest BCUT2D eigenvalue weighted by Gasteiger charge is 2.31.